The van der Waals surface area contributed by atoms with Crippen LogP contribution in [-0.2, 0) is 18.3 Å². The van der Waals surface area contributed by atoms with Crippen LogP contribution in [0, 0.1) is 11.7 Å². The molecule has 0 radical (unpaired) electrons. The number of rotatable bonds is 2. The lowest BCUT2D eigenvalue weighted by Gasteiger charge is -2.29. The highest BCUT2D eigenvalue weighted by Gasteiger charge is 2.35. The SMILES string of the molecule is CC(c1cc(F)c2c(c1C(C)(C)C)CCC2)C1CC1. The van der Waals surface area contributed by atoms with Crippen molar-refractivity contribution in [3.63, 3.8) is 0 Å². The molecule has 3 rings (SSSR count). The van der Waals surface area contributed by atoms with Crippen LogP contribution in [-0.4, -0.2) is 0 Å². The van der Waals surface area contributed by atoms with E-state index in [-0.39, 0.29) is 11.2 Å². The molecule has 0 heterocycles. The molecule has 0 aromatic heterocycles. The average Bonchev–Trinajstić information content (AvgIpc) is 3.04. The summed E-state index contributed by atoms with van der Waals surface area (Å²) in [7, 11) is 0. The molecule has 1 saturated carbocycles. The molecule has 0 N–H and O–H groups in total. The Morgan fingerprint density at radius 2 is 1.79 bits per heavy atom. The Morgan fingerprint density at radius 3 is 2.37 bits per heavy atom. The highest BCUT2D eigenvalue weighted by Crippen LogP contribution is 2.47. The first-order valence-corrected chi connectivity index (χ1v) is 7.74. The van der Waals surface area contributed by atoms with Gasteiger partial charge in [-0.05, 0) is 77.7 Å². The molecule has 19 heavy (non-hydrogen) atoms. The predicted octanol–water partition coefficient (Wildman–Crippen LogP) is 5.13. The van der Waals surface area contributed by atoms with E-state index in [0.29, 0.717) is 5.92 Å². The lowest BCUT2D eigenvalue weighted by Crippen LogP contribution is -2.20. The Kier molecular flexibility index (Phi) is 2.99. The Morgan fingerprint density at radius 1 is 1.16 bits per heavy atom. The number of fused-ring (bicyclic) bond motifs is 1. The van der Waals surface area contributed by atoms with Gasteiger partial charge in [-0.2, -0.15) is 0 Å². The summed E-state index contributed by atoms with van der Waals surface area (Å²) in [4.78, 5) is 0. The minimum Gasteiger partial charge on any atom is -0.207 e. The van der Waals surface area contributed by atoms with Gasteiger partial charge in [-0.3, -0.25) is 0 Å². The highest BCUT2D eigenvalue weighted by molar-refractivity contribution is 5.49. The van der Waals surface area contributed by atoms with Crippen LogP contribution in [0.3, 0.4) is 0 Å². The maximum absolute atomic E-state index is 14.4. The largest absolute Gasteiger partial charge is 0.207 e. The van der Waals surface area contributed by atoms with Crippen molar-refractivity contribution < 1.29 is 4.39 Å². The molecule has 1 unspecified atom stereocenters. The maximum atomic E-state index is 14.4. The zero-order valence-electron chi connectivity index (χ0n) is 12.6. The minimum absolute atomic E-state index is 0.0583. The summed E-state index contributed by atoms with van der Waals surface area (Å²) in [5, 5.41) is 0. The van der Waals surface area contributed by atoms with E-state index in [1.807, 2.05) is 6.07 Å². The zero-order chi connectivity index (χ0) is 13.8. The molecule has 0 aliphatic heterocycles. The van der Waals surface area contributed by atoms with Gasteiger partial charge in [0.05, 0.1) is 0 Å². The van der Waals surface area contributed by atoms with E-state index in [9.17, 15) is 4.39 Å². The van der Waals surface area contributed by atoms with E-state index in [1.54, 1.807) is 0 Å². The second-order valence-corrected chi connectivity index (χ2v) is 7.51. The summed E-state index contributed by atoms with van der Waals surface area (Å²) in [6.07, 6.45) is 5.77. The van der Waals surface area contributed by atoms with Gasteiger partial charge in [0.15, 0.2) is 0 Å². The van der Waals surface area contributed by atoms with Crippen molar-refractivity contribution in [2.45, 2.75) is 71.1 Å². The molecule has 1 fully saturated rings. The molecular formula is C18H25F. The van der Waals surface area contributed by atoms with E-state index in [4.69, 9.17) is 0 Å². The smallest absolute Gasteiger partial charge is 0.126 e. The summed E-state index contributed by atoms with van der Waals surface area (Å²) >= 11 is 0. The number of halogens is 1. The minimum atomic E-state index is 0.0583. The molecule has 1 atom stereocenters. The molecule has 0 saturated heterocycles. The number of hydrogen-bond acceptors (Lipinski definition) is 0. The van der Waals surface area contributed by atoms with Crippen LogP contribution in [0.4, 0.5) is 4.39 Å². The Labute approximate surface area is 116 Å². The van der Waals surface area contributed by atoms with Crippen LogP contribution >= 0.6 is 0 Å². The van der Waals surface area contributed by atoms with Gasteiger partial charge in [-0.25, -0.2) is 4.39 Å². The Hall–Kier alpha value is -0.850. The molecule has 1 heteroatoms. The van der Waals surface area contributed by atoms with Crippen LogP contribution in [0.25, 0.3) is 0 Å². The third-order valence-electron chi connectivity index (χ3n) is 4.95. The van der Waals surface area contributed by atoms with Crippen molar-refractivity contribution in [2.75, 3.05) is 0 Å². The second-order valence-electron chi connectivity index (χ2n) is 7.51. The fourth-order valence-electron chi connectivity index (χ4n) is 3.85. The van der Waals surface area contributed by atoms with Crippen LogP contribution in [0.1, 0.15) is 75.1 Å². The van der Waals surface area contributed by atoms with Gasteiger partial charge in [-0.1, -0.05) is 27.7 Å². The van der Waals surface area contributed by atoms with Gasteiger partial charge < -0.3 is 0 Å². The Bertz CT molecular complexity index is 503. The quantitative estimate of drug-likeness (QED) is 0.692. The molecule has 2 aliphatic carbocycles. The maximum Gasteiger partial charge on any atom is 0.126 e. The first kappa shape index (κ1) is 13.1. The van der Waals surface area contributed by atoms with Gasteiger partial charge in [0, 0.05) is 0 Å². The fraction of sp³-hybridized carbons (Fsp3) is 0.667. The van der Waals surface area contributed by atoms with Crippen molar-refractivity contribution in [3.05, 3.63) is 34.1 Å². The third-order valence-corrected chi connectivity index (χ3v) is 4.95. The number of benzene rings is 1. The summed E-state index contributed by atoms with van der Waals surface area (Å²) in [6, 6.07) is 1.87. The van der Waals surface area contributed by atoms with Crippen LogP contribution in [0.2, 0.25) is 0 Å². The van der Waals surface area contributed by atoms with Crippen molar-refractivity contribution in [1.82, 2.24) is 0 Å². The molecule has 1 aromatic carbocycles. The predicted molar refractivity (Wildman–Crippen MR) is 78.3 cm³/mol. The molecule has 0 amide bonds. The molecule has 0 nitrogen and oxygen atoms in total. The van der Waals surface area contributed by atoms with Gasteiger partial charge >= 0.3 is 0 Å². The normalized spacial score (nSPS) is 20.5. The molecular weight excluding hydrogens is 235 g/mol. The number of hydrogen-bond donors (Lipinski definition) is 0. The van der Waals surface area contributed by atoms with Crippen molar-refractivity contribution in [1.29, 1.82) is 0 Å². The summed E-state index contributed by atoms with van der Waals surface area (Å²) in [5.41, 5.74) is 5.24. The lowest BCUT2D eigenvalue weighted by atomic mass is 9.75. The van der Waals surface area contributed by atoms with Crippen LogP contribution in [0.5, 0.6) is 0 Å². The highest BCUT2D eigenvalue weighted by atomic mass is 19.1. The molecule has 1 aromatic rings. The zero-order valence-corrected chi connectivity index (χ0v) is 12.6. The lowest BCUT2D eigenvalue weighted by molar-refractivity contribution is 0.543. The molecule has 104 valence electrons. The first-order chi connectivity index (χ1) is 8.89. The van der Waals surface area contributed by atoms with Gasteiger partial charge in [-0.15, -0.1) is 0 Å². The van der Waals surface area contributed by atoms with Gasteiger partial charge in [0.1, 0.15) is 5.82 Å². The van der Waals surface area contributed by atoms with Gasteiger partial charge in [0.25, 0.3) is 0 Å². The average molecular weight is 260 g/mol. The van der Waals surface area contributed by atoms with E-state index >= 15 is 0 Å². The summed E-state index contributed by atoms with van der Waals surface area (Å²) in [6.45, 7) is 9.13. The van der Waals surface area contributed by atoms with Crippen LogP contribution in [0.15, 0.2) is 6.07 Å². The topological polar surface area (TPSA) is 0 Å². The first-order valence-electron chi connectivity index (χ1n) is 7.74. The van der Waals surface area contributed by atoms with Crippen molar-refractivity contribution in [3.8, 4) is 0 Å². The summed E-state index contributed by atoms with van der Waals surface area (Å²) in [5.74, 6) is 1.37. The standard InChI is InChI=1S/C18H25F/c1-11(12-8-9-12)15-10-16(19)13-6-5-7-14(13)17(15)18(2,3)4/h10-12H,5-9H2,1-4H3. The molecule has 0 bridgehead atoms. The third kappa shape index (κ3) is 2.22. The van der Waals surface area contributed by atoms with Crippen molar-refractivity contribution in [2.24, 2.45) is 5.92 Å². The molecule has 2 aliphatic rings. The molecule has 0 spiro atoms. The Balaban J connectivity index is 2.19. The van der Waals surface area contributed by atoms with Crippen molar-refractivity contribution >= 4 is 0 Å². The van der Waals surface area contributed by atoms with E-state index in [1.165, 1.54) is 29.5 Å². The fourth-order valence-corrected chi connectivity index (χ4v) is 3.85. The monoisotopic (exact) mass is 260 g/mol. The van der Waals surface area contributed by atoms with E-state index in [2.05, 4.69) is 27.7 Å². The van der Waals surface area contributed by atoms with Gasteiger partial charge in [0.2, 0.25) is 0 Å². The second kappa shape index (κ2) is 4.33. The van der Waals surface area contributed by atoms with E-state index < -0.39 is 0 Å². The summed E-state index contributed by atoms with van der Waals surface area (Å²) < 4.78 is 14.4. The van der Waals surface area contributed by atoms with Crippen LogP contribution < -0.4 is 0 Å². The van der Waals surface area contributed by atoms with E-state index in [0.717, 1.165) is 30.7 Å².